The Balaban J connectivity index is 1.47. The standard InChI is InChI=1S/C27H30N6O4/c1-35-23-13-19-12-21(27(34)28-22(19)14-24(23)36-2)25(32-10-9-17-6-3-4-7-18(17)15-32)26-29-30-31-33(26)16-20-8-5-11-37-20/h3-4,6-7,12-14,20,25H,5,8-11,15-16H2,1-2H3,(H,28,34)/t20-,25+/m0/s1. The average molecular weight is 503 g/mol. The van der Waals surface area contributed by atoms with E-state index in [1.807, 2.05) is 12.1 Å². The molecule has 0 radical (unpaired) electrons. The molecule has 6 rings (SSSR count). The van der Waals surface area contributed by atoms with Crippen LogP contribution >= 0.6 is 0 Å². The molecule has 1 fully saturated rings. The van der Waals surface area contributed by atoms with E-state index in [0.29, 0.717) is 41.5 Å². The molecule has 1 saturated heterocycles. The summed E-state index contributed by atoms with van der Waals surface area (Å²) >= 11 is 0. The Bertz CT molecular complexity index is 1480. The Kier molecular flexibility index (Phi) is 6.35. The van der Waals surface area contributed by atoms with Crippen molar-refractivity contribution in [2.75, 3.05) is 27.4 Å². The highest BCUT2D eigenvalue weighted by molar-refractivity contribution is 5.83. The molecule has 0 aliphatic carbocycles. The van der Waals surface area contributed by atoms with Gasteiger partial charge in [0.25, 0.3) is 5.56 Å². The zero-order chi connectivity index (χ0) is 25.4. The first-order chi connectivity index (χ1) is 18.1. The zero-order valence-corrected chi connectivity index (χ0v) is 21.0. The first-order valence-electron chi connectivity index (χ1n) is 12.6. The fourth-order valence-electron chi connectivity index (χ4n) is 5.51. The van der Waals surface area contributed by atoms with Crippen LogP contribution in [0.4, 0.5) is 0 Å². The van der Waals surface area contributed by atoms with Gasteiger partial charge in [-0.1, -0.05) is 24.3 Å². The number of nitrogens with zero attached hydrogens (tertiary/aromatic N) is 5. The minimum absolute atomic E-state index is 0.0663. The summed E-state index contributed by atoms with van der Waals surface area (Å²) in [6.45, 7) is 2.78. The molecule has 0 bridgehead atoms. The summed E-state index contributed by atoms with van der Waals surface area (Å²) in [5, 5.41) is 13.6. The number of rotatable bonds is 7. The number of aromatic nitrogens is 5. The van der Waals surface area contributed by atoms with Crippen molar-refractivity contribution in [2.24, 2.45) is 0 Å². The van der Waals surface area contributed by atoms with Gasteiger partial charge in [-0.05, 0) is 52.9 Å². The van der Waals surface area contributed by atoms with E-state index in [4.69, 9.17) is 14.2 Å². The van der Waals surface area contributed by atoms with Crippen molar-refractivity contribution < 1.29 is 14.2 Å². The highest BCUT2D eigenvalue weighted by atomic mass is 16.5. The molecule has 2 aliphatic rings. The summed E-state index contributed by atoms with van der Waals surface area (Å²) in [6.07, 6.45) is 2.96. The lowest BCUT2D eigenvalue weighted by molar-refractivity contribution is 0.0904. The summed E-state index contributed by atoms with van der Waals surface area (Å²) in [5.41, 5.74) is 3.66. The van der Waals surface area contributed by atoms with Crippen molar-refractivity contribution >= 4 is 10.9 Å². The molecule has 2 aromatic heterocycles. The predicted molar refractivity (Wildman–Crippen MR) is 137 cm³/mol. The van der Waals surface area contributed by atoms with Crippen LogP contribution in [0.15, 0.2) is 47.3 Å². The second kappa shape index (κ2) is 9.95. The van der Waals surface area contributed by atoms with Gasteiger partial charge in [0.2, 0.25) is 0 Å². The number of pyridine rings is 1. The number of benzene rings is 2. The van der Waals surface area contributed by atoms with E-state index in [1.165, 1.54) is 11.1 Å². The normalized spacial score (nSPS) is 18.6. The van der Waals surface area contributed by atoms with Crippen LogP contribution in [0.25, 0.3) is 10.9 Å². The van der Waals surface area contributed by atoms with Crippen molar-refractivity contribution in [1.29, 1.82) is 0 Å². The molecule has 1 N–H and O–H groups in total. The van der Waals surface area contributed by atoms with E-state index in [-0.39, 0.29) is 11.7 Å². The van der Waals surface area contributed by atoms with Gasteiger partial charge in [-0.25, -0.2) is 4.68 Å². The molecule has 4 aromatic rings. The largest absolute Gasteiger partial charge is 0.493 e. The van der Waals surface area contributed by atoms with Crippen molar-refractivity contribution in [3.63, 3.8) is 0 Å². The monoisotopic (exact) mass is 502 g/mol. The zero-order valence-electron chi connectivity index (χ0n) is 21.0. The van der Waals surface area contributed by atoms with Crippen LogP contribution in [0.5, 0.6) is 11.5 Å². The van der Waals surface area contributed by atoms with Gasteiger partial charge < -0.3 is 19.2 Å². The van der Waals surface area contributed by atoms with E-state index in [0.717, 1.165) is 37.8 Å². The number of hydrogen-bond acceptors (Lipinski definition) is 8. The van der Waals surface area contributed by atoms with Crippen molar-refractivity contribution in [3.05, 3.63) is 75.3 Å². The first kappa shape index (κ1) is 23.6. The molecule has 2 aromatic carbocycles. The average Bonchev–Trinajstić information content (AvgIpc) is 3.61. The van der Waals surface area contributed by atoms with Crippen LogP contribution in [0.1, 0.15) is 41.4 Å². The summed E-state index contributed by atoms with van der Waals surface area (Å²) in [5.74, 6) is 1.79. The Morgan fingerprint density at radius 1 is 1.14 bits per heavy atom. The molecule has 37 heavy (non-hydrogen) atoms. The van der Waals surface area contributed by atoms with Gasteiger partial charge in [0.05, 0.1) is 32.4 Å². The molecule has 192 valence electrons. The first-order valence-corrected chi connectivity index (χ1v) is 12.6. The SMILES string of the molecule is COc1cc2cc([C@H](c3nnnn3C[C@@H]3CCCO3)N3CCc4ccccc4C3)c(=O)[nH]c2cc1OC. The molecule has 10 nitrogen and oxygen atoms in total. The van der Waals surface area contributed by atoms with Crippen molar-refractivity contribution in [2.45, 2.75) is 44.5 Å². The molecule has 0 saturated carbocycles. The fraction of sp³-hybridized carbons (Fsp3) is 0.407. The van der Waals surface area contributed by atoms with E-state index in [2.05, 4.69) is 49.7 Å². The van der Waals surface area contributed by atoms with Gasteiger partial charge in [-0.3, -0.25) is 9.69 Å². The Hall–Kier alpha value is -3.76. The lowest BCUT2D eigenvalue weighted by Crippen LogP contribution is -2.39. The number of methoxy groups -OCH3 is 2. The van der Waals surface area contributed by atoms with Gasteiger partial charge in [0.15, 0.2) is 17.3 Å². The number of nitrogens with one attached hydrogen (secondary N) is 1. The molecule has 0 unspecified atom stereocenters. The Morgan fingerprint density at radius 3 is 2.73 bits per heavy atom. The summed E-state index contributed by atoms with van der Waals surface area (Å²) in [4.78, 5) is 19.0. The number of H-pyrrole nitrogens is 1. The van der Waals surface area contributed by atoms with E-state index >= 15 is 0 Å². The Morgan fingerprint density at radius 2 is 1.95 bits per heavy atom. The predicted octanol–water partition coefficient (Wildman–Crippen LogP) is 2.86. The Labute approximate surface area is 214 Å². The highest BCUT2D eigenvalue weighted by Gasteiger charge is 2.33. The van der Waals surface area contributed by atoms with Crippen molar-refractivity contribution in [1.82, 2.24) is 30.1 Å². The van der Waals surface area contributed by atoms with Crippen LogP contribution in [0.2, 0.25) is 0 Å². The third-order valence-corrected chi connectivity index (χ3v) is 7.40. The van der Waals surface area contributed by atoms with E-state index in [9.17, 15) is 4.79 Å². The van der Waals surface area contributed by atoms with Gasteiger partial charge in [-0.2, -0.15) is 0 Å². The highest BCUT2D eigenvalue weighted by Crippen LogP contribution is 2.35. The quantitative estimate of drug-likeness (QED) is 0.411. The lowest BCUT2D eigenvalue weighted by Gasteiger charge is -2.35. The summed E-state index contributed by atoms with van der Waals surface area (Å²) < 4.78 is 18.6. The maximum atomic E-state index is 13.6. The molecule has 0 spiro atoms. The number of hydrogen-bond donors (Lipinski definition) is 1. The minimum Gasteiger partial charge on any atom is -0.493 e. The lowest BCUT2D eigenvalue weighted by atomic mass is 9.96. The smallest absolute Gasteiger partial charge is 0.253 e. The third-order valence-electron chi connectivity index (χ3n) is 7.40. The van der Waals surface area contributed by atoms with Gasteiger partial charge in [0, 0.05) is 36.7 Å². The van der Waals surface area contributed by atoms with Crippen LogP contribution in [0.3, 0.4) is 0 Å². The maximum Gasteiger partial charge on any atom is 0.253 e. The number of aromatic amines is 1. The molecule has 0 amide bonds. The molecule has 10 heteroatoms. The minimum atomic E-state index is -0.439. The van der Waals surface area contributed by atoms with E-state index in [1.54, 1.807) is 25.0 Å². The van der Waals surface area contributed by atoms with Gasteiger partial charge >= 0.3 is 0 Å². The molecular formula is C27H30N6O4. The van der Waals surface area contributed by atoms with Crippen LogP contribution < -0.4 is 15.0 Å². The third kappa shape index (κ3) is 4.47. The van der Waals surface area contributed by atoms with Crippen molar-refractivity contribution in [3.8, 4) is 11.5 Å². The van der Waals surface area contributed by atoms with Crippen LogP contribution in [-0.2, 0) is 24.2 Å². The summed E-state index contributed by atoms with van der Waals surface area (Å²) in [6, 6.07) is 13.6. The molecular weight excluding hydrogens is 472 g/mol. The number of ether oxygens (including phenoxy) is 3. The number of tetrazole rings is 1. The topological polar surface area (TPSA) is 107 Å². The van der Waals surface area contributed by atoms with Crippen LogP contribution in [0, 0.1) is 0 Å². The van der Waals surface area contributed by atoms with E-state index < -0.39 is 6.04 Å². The molecule has 2 aliphatic heterocycles. The second-order valence-electron chi connectivity index (χ2n) is 9.59. The maximum absolute atomic E-state index is 13.6. The molecule has 4 heterocycles. The number of fused-ring (bicyclic) bond motifs is 2. The van der Waals surface area contributed by atoms with Gasteiger partial charge in [0.1, 0.15) is 6.04 Å². The summed E-state index contributed by atoms with van der Waals surface area (Å²) in [7, 11) is 3.18. The van der Waals surface area contributed by atoms with Crippen LogP contribution in [-0.4, -0.2) is 63.6 Å². The fourth-order valence-corrected chi connectivity index (χ4v) is 5.51. The van der Waals surface area contributed by atoms with Gasteiger partial charge in [-0.15, -0.1) is 5.10 Å². The second-order valence-corrected chi connectivity index (χ2v) is 9.59. The molecule has 2 atom stereocenters.